The Hall–Kier alpha value is -5.97. The number of aromatic nitrogens is 2. The number of nitrogens with zero attached hydrogens (tertiary/aromatic N) is 2. The standard InChI is InChI=1S/C30H23FN6O4/c31-26-19-32-30(34-23-14-8-16-25(18-23)37-41-29(39)21-11-5-2-6-12-21)35-27(26)33-22-13-7-15-24(17-22)36-40-28(38)20-9-3-1-4-10-20/h1-19,36-37H,(H2,32,33,34,35). The van der Waals surface area contributed by atoms with Crippen LogP contribution >= 0.6 is 0 Å². The van der Waals surface area contributed by atoms with Crippen LogP contribution in [-0.4, -0.2) is 21.9 Å². The third kappa shape index (κ3) is 7.33. The summed E-state index contributed by atoms with van der Waals surface area (Å²) in [6.07, 6.45) is 1.03. The molecule has 5 rings (SSSR count). The summed E-state index contributed by atoms with van der Waals surface area (Å²) in [5.74, 6) is -1.71. The van der Waals surface area contributed by atoms with E-state index in [-0.39, 0.29) is 11.8 Å². The van der Waals surface area contributed by atoms with Crippen LogP contribution in [0.1, 0.15) is 20.7 Å². The predicted octanol–water partition coefficient (Wildman–Crippen LogP) is 6.47. The van der Waals surface area contributed by atoms with Crippen molar-refractivity contribution in [3.05, 3.63) is 132 Å². The van der Waals surface area contributed by atoms with Crippen molar-refractivity contribution in [1.82, 2.24) is 9.97 Å². The summed E-state index contributed by atoms with van der Waals surface area (Å²) < 4.78 is 14.6. The van der Waals surface area contributed by atoms with Gasteiger partial charge in [-0.15, -0.1) is 0 Å². The zero-order valence-corrected chi connectivity index (χ0v) is 21.4. The summed E-state index contributed by atoms with van der Waals surface area (Å²) in [5.41, 5.74) is 8.02. The van der Waals surface area contributed by atoms with Crippen LogP contribution in [0.5, 0.6) is 0 Å². The Balaban J connectivity index is 1.21. The molecule has 0 aliphatic carbocycles. The lowest BCUT2D eigenvalue weighted by molar-refractivity contribution is 0.0587. The number of anilines is 6. The highest BCUT2D eigenvalue weighted by Gasteiger charge is 2.11. The van der Waals surface area contributed by atoms with Crippen LogP contribution in [0.25, 0.3) is 0 Å². The number of benzene rings is 4. The quantitative estimate of drug-likeness (QED) is 0.144. The normalized spacial score (nSPS) is 10.3. The predicted molar refractivity (Wildman–Crippen MR) is 152 cm³/mol. The third-order valence-electron chi connectivity index (χ3n) is 5.53. The van der Waals surface area contributed by atoms with Crippen LogP contribution in [0, 0.1) is 5.82 Å². The largest absolute Gasteiger partial charge is 0.362 e. The molecule has 0 saturated carbocycles. The molecule has 4 N–H and O–H groups in total. The van der Waals surface area contributed by atoms with E-state index in [1.807, 2.05) is 0 Å². The first kappa shape index (κ1) is 26.6. The Labute approximate surface area is 234 Å². The van der Waals surface area contributed by atoms with Crippen molar-refractivity contribution in [2.45, 2.75) is 0 Å². The molecular formula is C30H23FN6O4. The lowest BCUT2D eigenvalue weighted by Crippen LogP contribution is -2.11. The molecule has 0 aliphatic rings. The van der Waals surface area contributed by atoms with Gasteiger partial charge in [-0.25, -0.2) is 29.9 Å². The molecule has 0 amide bonds. The summed E-state index contributed by atoms with van der Waals surface area (Å²) in [7, 11) is 0. The van der Waals surface area contributed by atoms with Crippen LogP contribution in [0.2, 0.25) is 0 Å². The highest BCUT2D eigenvalue weighted by Crippen LogP contribution is 2.24. The van der Waals surface area contributed by atoms with Gasteiger partial charge in [0.05, 0.1) is 28.7 Å². The molecule has 1 heterocycles. The minimum Gasteiger partial charge on any atom is -0.338 e. The number of rotatable bonds is 10. The molecule has 0 bridgehead atoms. The second-order valence-electron chi connectivity index (χ2n) is 8.52. The van der Waals surface area contributed by atoms with Crippen molar-refractivity contribution in [2.75, 3.05) is 21.6 Å². The number of nitrogens with one attached hydrogen (secondary N) is 4. The van der Waals surface area contributed by atoms with Crippen molar-refractivity contribution in [2.24, 2.45) is 0 Å². The Bertz CT molecular complexity index is 1650. The van der Waals surface area contributed by atoms with Gasteiger partial charge in [0.25, 0.3) is 0 Å². The van der Waals surface area contributed by atoms with Gasteiger partial charge in [0.15, 0.2) is 11.6 Å². The minimum atomic E-state index is -0.673. The van der Waals surface area contributed by atoms with Gasteiger partial charge in [-0.3, -0.25) is 0 Å². The molecule has 0 fully saturated rings. The van der Waals surface area contributed by atoms with Crippen molar-refractivity contribution in [1.29, 1.82) is 0 Å². The molecule has 0 unspecified atom stereocenters. The Morgan fingerprint density at radius 2 is 1.10 bits per heavy atom. The lowest BCUT2D eigenvalue weighted by atomic mass is 10.2. The van der Waals surface area contributed by atoms with Crippen molar-refractivity contribution in [3.63, 3.8) is 0 Å². The molecular weight excluding hydrogens is 527 g/mol. The number of carbonyl (C=O) groups is 2. The summed E-state index contributed by atoms with van der Waals surface area (Å²) in [4.78, 5) is 42.9. The van der Waals surface area contributed by atoms with Crippen molar-refractivity contribution >= 4 is 46.5 Å². The molecule has 0 aliphatic heterocycles. The van der Waals surface area contributed by atoms with Gasteiger partial charge >= 0.3 is 11.9 Å². The Kier molecular flexibility index (Phi) is 8.26. The van der Waals surface area contributed by atoms with E-state index >= 15 is 0 Å². The average Bonchev–Trinajstić information content (AvgIpc) is 3.01. The fourth-order valence-electron chi connectivity index (χ4n) is 3.58. The first-order valence-electron chi connectivity index (χ1n) is 12.3. The van der Waals surface area contributed by atoms with E-state index in [2.05, 4.69) is 31.6 Å². The van der Waals surface area contributed by atoms with Gasteiger partial charge in [0.1, 0.15) is 0 Å². The topological polar surface area (TPSA) is 127 Å². The maximum atomic E-state index is 14.6. The van der Waals surface area contributed by atoms with E-state index in [9.17, 15) is 14.0 Å². The molecule has 204 valence electrons. The van der Waals surface area contributed by atoms with Crippen molar-refractivity contribution in [3.8, 4) is 0 Å². The highest BCUT2D eigenvalue weighted by atomic mass is 19.1. The van der Waals surface area contributed by atoms with E-state index in [0.29, 0.717) is 33.9 Å². The molecule has 5 aromatic rings. The van der Waals surface area contributed by atoms with Gasteiger partial charge in [-0.1, -0.05) is 48.5 Å². The SMILES string of the molecule is O=C(ONc1cccc(Nc2ncc(F)c(Nc3cccc(NOC(=O)c4ccccc4)c3)n2)c1)c1ccccc1. The van der Waals surface area contributed by atoms with Crippen LogP contribution in [0.15, 0.2) is 115 Å². The monoisotopic (exact) mass is 550 g/mol. The maximum Gasteiger partial charge on any atom is 0.362 e. The van der Waals surface area contributed by atoms with E-state index in [1.165, 1.54) is 0 Å². The second-order valence-corrected chi connectivity index (χ2v) is 8.52. The van der Waals surface area contributed by atoms with E-state index in [1.54, 1.807) is 109 Å². The summed E-state index contributed by atoms with van der Waals surface area (Å²) in [5, 5.41) is 5.90. The number of halogens is 1. The molecule has 1 aromatic heterocycles. The maximum absolute atomic E-state index is 14.6. The summed E-state index contributed by atoms with van der Waals surface area (Å²) >= 11 is 0. The highest BCUT2D eigenvalue weighted by molar-refractivity contribution is 5.90. The number of carbonyl (C=O) groups excluding carboxylic acids is 2. The zero-order chi connectivity index (χ0) is 28.4. The fraction of sp³-hybridized carbons (Fsp3) is 0. The summed E-state index contributed by atoms with van der Waals surface area (Å²) in [6.45, 7) is 0. The van der Waals surface area contributed by atoms with Crippen LogP contribution in [0.4, 0.5) is 38.9 Å². The van der Waals surface area contributed by atoms with E-state index < -0.39 is 17.8 Å². The fourth-order valence-corrected chi connectivity index (χ4v) is 3.58. The van der Waals surface area contributed by atoms with Crippen LogP contribution < -0.4 is 21.6 Å². The van der Waals surface area contributed by atoms with Gasteiger partial charge in [-0.05, 0) is 60.7 Å². The molecule has 11 heteroatoms. The molecule has 0 spiro atoms. The van der Waals surface area contributed by atoms with Gasteiger partial charge in [0.2, 0.25) is 5.95 Å². The summed E-state index contributed by atoms with van der Waals surface area (Å²) in [6, 6.07) is 30.7. The van der Waals surface area contributed by atoms with Crippen LogP contribution in [-0.2, 0) is 9.68 Å². The first-order chi connectivity index (χ1) is 20.0. The van der Waals surface area contributed by atoms with Crippen LogP contribution in [0.3, 0.4) is 0 Å². The van der Waals surface area contributed by atoms with Gasteiger partial charge in [-0.2, -0.15) is 4.98 Å². The van der Waals surface area contributed by atoms with E-state index in [0.717, 1.165) is 6.20 Å². The minimum absolute atomic E-state index is 0.0769. The smallest absolute Gasteiger partial charge is 0.338 e. The molecule has 10 nitrogen and oxygen atoms in total. The first-order valence-corrected chi connectivity index (χ1v) is 12.3. The Morgan fingerprint density at radius 3 is 1.63 bits per heavy atom. The third-order valence-corrected chi connectivity index (χ3v) is 5.53. The molecule has 0 atom stereocenters. The zero-order valence-electron chi connectivity index (χ0n) is 21.4. The Morgan fingerprint density at radius 1 is 0.610 bits per heavy atom. The van der Waals surface area contributed by atoms with Gasteiger partial charge < -0.3 is 20.3 Å². The van der Waals surface area contributed by atoms with Gasteiger partial charge in [0, 0.05) is 11.4 Å². The molecule has 0 saturated heterocycles. The van der Waals surface area contributed by atoms with Crippen molar-refractivity contribution < 1.29 is 23.7 Å². The van der Waals surface area contributed by atoms with E-state index in [4.69, 9.17) is 9.68 Å². The second kappa shape index (κ2) is 12.7. The number of hydrogen-bond donors (Lipinski definition) is 4. The average molecular weight is 551 g/mol. The number of hydrogen-bond acceptors (Lipinski definition) is 10. The lowest BCUT2D eigenvalue weighted by Gasteiger charge is -2.12. The molecule has 41 heavy (non-hydrogen) atoms. The molecule has 4 aromatic carbocycles. The molecule has 0 radical (unpaired) electrons.